The van der Waals surface area contributed by atoms with E-state index in [1.807, 2.05) is 32.0 Å². The van der Waals surface area contributed by atoms with Crippen molar-refractivity contribution in [2.45, 2.75) is 33.1 Å². The van der Waals surface area contributed by atoms with Gasteiger partial charge >= 0.3 is 5.97 Å². The monoisotopic (exact) mass is 353 g/mol. The summed E-state index contributed by atoms with van der Waals surface area (Å²) in [4.78, 5) is 23.8. The molecule has 0 aromatic heterocycles. The second kappa shape index (κ2) is 6.60. The normalized spacial score (nSPS) is 24.8. The summed E-state index contributed by atoms with van der Waals surface area (Å²) in [7, 11) is 0. The Kier molecular flexibility index (Phi) is 5.04. The highest BCUT2D eigenvalue weighted by atomic mass is 79.9. The first-order chi connectivity index (χ1) is 9.93. The molecule has 0 spiro atoms. The Labute approximate surface area is 133 Å². The van der Waals surface area contributed by atoms with Crippen molar-refractivity contribution in [3.8, 4) is 0 Å². The van der Waals surface area contributed by atoms with E-state index in [1.54, 1.807) is 0 Å². The maximum Gasteiger partial charge on any atom is 0.307 e. The molecule has 1 aromatic rings. The van der Waals surface area contributed by atoms with E-state index in [9.17, 15) is 14.7 Å². The summed E-state index contributed by atoms with van der Waals surface area (Å²) < 4.78 is 0.843. The zero-order valence-corrected chi connectivity index (χ0v) is 13.8. The van der Waals surface area contributed by atoms with Crippen LogP contribution in [0.25, 0.3) is 0 Å². The maximum atomic E-state index is 12.5. The van der Waals surface area contributed by atoms with Crippen molar-refractivity contribution in [3.05, 3.63) is 28.2 Å². The highest BCUT2D eigenvalue weighted by Crippen LogP contribution is 2.39. The van der Waals surface area contributed by atoms with Gasteiger partial charge in [-0.1, -0.05) is 25.5 Å². The Balaban J connectivity index is 2.15. The minimum absolute atomic E-state index is 0.190. The molecular formula is C16H20BrNO3. The molecular weight excluding hydrogens is 334 g/mol. The van der Waals surface area contributed by atoms with Crippen molar-refractivity contribution in [2.24, 2.45) is 17.8 Å². The number of carbonyl (C=O) groups excluding carboxylic acids is 1. The van der Waals surface area contributed by atoms with Gasteiger partial charge in [0.05, 0.1) is 17.5 Å². The van der Waals surface area contributed by atoms with Crippen molar-refractivity contribution in [1.82, 2.24) is 0 Å². The van der Waals surface area contributed by atoms with Gasteiger partial charge in [0.2, 0.25) is 5.91 Å². The van der Waals surface area contributed by atoms with E-state index in [4.69, 9.17) is 0 Å². The highest BCUT2D eigenvalue weighted by Gasteiger charge is 2.42. The van der Waals surface area contributed by atoms with Gasteiger partial charge in [-0.2, -0.15) is 0 Å². The number of rotatable bonds is 4. The van der Waals surface area contributed by atoms with Crippen LogP contribution in [0.5, 0.6) is 0 Å². The molecule has 114 valence electrons. The lowest BCUT2D eigenvalue weighted by atomic mass is 9.95. The van der Waals surface area contributed by atoms with Gasteiger partial charge in [0.1, 0.15) is 0 Å². The van der Waals surface area contributed by atoms with Crippen LogP contribution in [0.2, 0.25) is 0 Å². The third kappa shape index (κ3) is 3.46. The first-order valence-electron chi connectivity index (χ1n) is 7.22. The third-order valence-electron chi connectivity index (χ3n) is 4.34. The molecule has 0 aliphatic heterocycles. The molecule has 1 saturated carbocycles. The van der Waals surface area contributed by atoms with Gasteiger partial charge in [0.15, 0.2) is 0 Å². The Morgan fingerprint density at radius 2 is 2.00 bits per heavy atom. The van der Waals surface area contributed by atoms with E-state index in [2.05, 4.69) is 21.2 Å². The second-order valence-corrected chi connectivity index (χ2v) is 6.52. The van der Waals surface area contributed by atoms with Gasteiger partial charge in [-0.15, -0.1) is 0 Å². The lowest BCUT2D eigenvalue weighted by molar-refractivity contribution is -0.145. The molecule has 1 amide bonds. The van der Waals surface area contributed by atoms with Crippen LogP contribution in [-0.2, 0) is 9.59 Å². The van der Waals surface area contributed by atoms with E-state index in [0.29, 0.717) is 24.4 Å². The smallest absolute Gasteiger partial charge is 0.307 e. The number of hydrogen-bond donors (Lipinski definition) is 2. The fourth-order valence-corrected chi connectivity index (χ4v) is 3.37. The van der Waals surface area contributed by atoms with Crippen molar-refractivity contribution < 1.29 is 14.7 Å². The topological polar surface area (TPSA) is 66.4 Å². The highest BCUT2D eigenvalue weighted by molar-refractivity contribution is 9.10. The second-order valence-electron chi connectivity index (χ2n) is 5.72. The lowest BCUT2D eigenvalue weighted by Crippen LogP contribution is -2.30. The van der Waals surface area contributed by atoms with Crippen LogP contribution in [0, 0.1) is 24.7 Å². The Hall–Kier alpha value is -1.36. The molecule has 0 heterocycles. The molecule has 1 aromatic carbocycles. The Morgan fingerprint density at radius 1 is 1.33 bits per heavy atom. The quantitative estimate of drug-likeness (QED) is 0.864. The van der Waals surface area contributed by atoms with Crippen LogP contribution in [0.4, 0.5) is 5.69 Å². The summed E-state index contributed by atoms with van der Waals surface area (Å²) in [6.45, 7) is 3.99. The number of benzene rings is 1. The minimum Gasteiger partial charge on any atom is -0.481 e. The molecule has 0 radical (unpaired) electrons. The summed E-state index contributed by atoms with van der Waals surface area (Å²) in [5.41, 5.74) is 1.73. The largest absolute Gasteiger partial charge is 0.481 e. The number of halogens is 1. The van der Waals surface area contributed by atoms with Crippen molar-refractivity contribution in [2.75, 3.05) is 5.32 Å². The third-order valence-corrected chi connectivity index (χ3v) is 5.39. The zero-order chi connectivity index (χ0) is 15.6. The molecule has 2 N–H and O–H groups in total. The van der Waals surface area contributed by atoms with Gasteiger partial charge in [-0.3, -0.25) is 9.59 Å². The molecule has 1 unspecified atom stereocenters. The summed E-state index contributed by atoms with van der Waals surface area (Å²) in [6, 6.07) is 5.63. The van der Waals surface area contributed by atoms with E-state index in [0.717, 1.165) is 16.5 Å². The maximum absolute atomic E-state index is 12.5. The van der Waals surface area contributed by atoms with E-state index in [-0.39, 0.29) is 5.91 Å². The number of carboxylic acids is 1. The minimum atomic E-state index is -0.866. The van der Waals surface area contributed by atoms with Crippen LogP contribution >= 0.6 is 15.9 Å². The molecule has 3 atom stereocenters. The van der Waals surface area contributed by atoms with Crippen LogP contribution in [0.3, 0.4) is 0 Å². The molecule has 1 aliphatic rings. The van der Waals surface area contributed by atoms with E-state index in [1.165, 1.54) is 0 Å². The van der Waals surface area contributed by atoms with Crippen LogP contribution in [0.1, 0.15) is 31.7 Å². The molecule has 2 rings (SSSR count). The van der Waals surface area contributed by atoms with Crippen LogP contribution in [-0.4, -0.2) is 17.0 Å². The lowest BCUT2D eigenvalue weighted by Gasteiger charge is -2.16. The summed E-state index contributed by atoms with van der Waals surface area (Å²) in [6.07, 6.45) is 2.17. The van der Waals surface area contributed by atoms with Crippen molar-refractivity contribution in [1.29, 1.82) is 0 Å². The van der Waals surface area contributed by atoms with Gasteiger partial charge in [-0.05, 0) is 53.2 Å². The molecule has 1 fully saturated rings. The number of nitrogens with one attached hydrogen (secondary N) is 1. The van der Waals surface area contributed by atoms with Crippen molar-refractivity contribution in [3.63, 3.8) is 0 Å². The molecule has 1 aliphatic carbocycles. The van der Waals surface area contributed by atoms with Crippen LogP contribution < -0.4 is 5.32 Å². The molecule has 5 heteroatoms. The number of hydrogen-bond acceptors (Lipinski definition) is 2. The average molecular weight is 354 g/mol. The predicted octanol–water partition coefficient (Wildman–Crippen LogP) is 3.83. The summed E-state index contributed by atoms with van der Waals surface area (Å²) in [5.74, 6) is -1.75. The van der Waals surface area contributed by atoms with Gasteiger partial charge < -0.3 is 10.4 Å². The van der Waals surface area contributed by atoms with E-state index < -0.39 is 17.8 Å². The van der Waals surface area contributed by atoms with Gasteiger partial charge in [0, 0.05) is 4.47 Å². The number of anilines is 1. The molecule has 0 saturated heterocycles. The first kappa shape index (κ1) is 16.0. The Morgan fingerprint density at radius 3 is 2.62 bits per heavy atom. The zero-order valence-electron chi connectivity index (χ0n) is 12.2. The van der Waals surface area contributed by atoms with Crippen LogP contribution in [0.15, 0.2) is 22.7 Å². The fraction of sp³-hybridized carbons (Fsp3) is 0.500. The van der Waals surface area contributed by atoms with E-state index >= 15 is 0 Å². The Bertz CT molecular complexity index is 558. The molecule has 4 nitrogen and oxygen atoms in total. The van der Waals surface area contributed by atoms with Gasteiger partial charge in [-0.25, -0.2) is 0 Å². The number of carbonyl (C=O) groups is 2. The molecule has 21 heavy (non-hydrogen) atoms. The molecule has 0 bridgehead atoms. The fourth-order valence-electron chi connectivity index (χ4n) is 3.01. The van der Waals surface area contributed by atoms with Gasteiger partial charge in [0.25, 0.3) is 0 Å². The summed E-state index contributed by atoms with van der Waals surface area (Å²) in [5, 5.41) is 12.2. The SMILES string of the molecule is CCC1C[C@H](C(=O)Nc2cccc(C)c2Br)[C@H](C(=O)O)C1. The predicted molar refractivity (Wildman–Crippen MR) is 85.1 cm³/mol. The standard InChI is InChI=1S/C16H20BrNO3/c1-3-10-7-11(12(8-10)16(20)21)15(19)18-13-6-4-5-9(2)14(13)17/h4-6,10-12H,3,7-8H2,1-2H3,(H,18,19)(H,20,21)/t10?,11-,12+/m0/s1. The number of amides is 1. The summed E-state index contributed by atoms with van der Waals surface area (Å²) >= 11 is 3.46. The van der Waals surface area contributed by atoms with Crippen molar-refractivity contribution >= 4 is 33.5 Å². The number of carboxylic acid groups (broad SMARTS) is 1. The average Bonchev–Trinajstić information content (AvgIpc) is 2.88. The number of aliphatic carboxylic acids is 1. The number of aryl methyl sites for hydroxylation is 1. The first-order valence-corrected chi connectivity index (χ1v) is 8.02.